The van der Waals surface area contributed by atoms with Crippen LogP contribution in [-0.2, 0) is 0 Å². The third-order valence-corrected chi connectivity index (χ3v) is 7.20. The van der Waals surface area contributed by atoms with Crippen LogP contribution in [0.1, 0.15) is 21.2 Å². The molecule has 0 aliphatic heterocycles. The minimum atomic E-state index is -0.512. The highest BCUT2D eigenvalue weighted by atomic mass is 32.2. The lowest BCUT2D eigenvalue weighted by Gasteiger charge is -2.17. The van der Waals surface area contributed by atoms with E-state index in [1.54, 1.807) is 18.6 Å². The minimum absolute atomic E-state index is 0.0109. The number of nitrogens with one attached hydrogen (secondary N) is 1. The van der Waals surface area contributed by atoms with Crippen molar-refractivity contribution in [2.24, 2.45) is 0 Å². The van der Waals surface area contributed by atoms with Crippen molar-refractivity contribution in [3.05, 3.63) is 127 Å². The third kappa shape index (κ3) is 4.10. The molecule has 0 unspecified atom stereocenters. The normalized spacial score (nSPS) is 12.0. The first kappa shape index (κ1) is 22.0. The number of rotatable bonds is 7. The number of ketones is 1. The summed E-state index contributed by atoms with van der Waals surface area (Å²) >= 11 is 1.40. The van der Waals surface area contributed by atoms with Crippen molar-refractivity contribution in [3.8, 4) is 17.1 Å². The lowest BCUT2D eigenvalue weighted by molar-refractivity contribution is 0.0991. The minimum Gasteiger partial charge on any atom is -0.360 e. The number of fused-ring (bicyclic) bond motifs is 1. The number of carbonyl (C=O) groups excluding carboxylic acids is 1. The van der Waals surface area contributed by atoms with E-state index in [2.05, 4.69) is 20.2 Å². The van der Waals surface area contributed by atoms with Crippen LogP contribution in [0.4, 0.5) is 0 Å². The Morgan fingerprint density at radius 2 is 1.50 bits per heavy atom. The molecule has 0 saturated carbocycles. The van der Waals surface area contributed by atoms with Gasteiger partial charge >= 0.3 is 0 Å². The quantitative estimate of drug-likeness (QED) is 0.205. The lowest BCUT2D eigenvalue weighted by Crippen LogP contribution is -2.11. The average molecular weight is 488 g/mol. The van der Waals surface area contributed by atoms with Crippen LogP contribution in [0.2, 0.25) is 0 Å². The fraction of sp³-hybridized carbons (Fsp3) is 0.0345. The molecule has 36 heavy (non-hydrogen) atoms. The Hall–Kier alpha value is -4.49. The van der Waals surface area contributed by atoms with Crippen molar-refractivity contribution in [1.82, 2.24) is 24.7 Å². The Bertz CT molecular complexity index is 1630. The molecule has 174 valence electrons. The molecule has 6 aromatic rings. The van der Waals surface area contributed by atoms with Gasteiger partial charge in [-0.05, 0) is 35.9 Å². The number of pyridine rings is 1. The molecule has 6 rings (SSSR count). The van der Waals surface area contributed by atoms with Gasteiger partial charge in [-0.2, -0.15) is 0 Å². The zero-order valence-electron chi connectivity index (χ0n) is 19.2. The molecule has 0 aliphatic rings. The van der Waals surface area contributed by atoms with Gasteiger partial charge in [0.1, 0.15) is 5.25 Å². The summed E-state index contributed by atoms with van der Waals surface area (Å²) < 4.78 is 2.00. The molecule has 0 bridgehead atoms. The molecule has 0 spiro atoms. The maximum Gasteiger partial charge on any atom is 0.197 e. The molecule has 1 N–H and O–H groups in total. The zero-order chi connectivity index (χ0) is 24.3. The first-order chi connectivity index (χ1) is 17.8. The summed E-state index contributed by atoms with van der Waals surface area (Å²) in [5.74, 6) is 0.703. The van der Waals surface area contributed by atoms with Crippen LogP contribution >= 0.6 is 11.8 Å². The van der Waals surface area contributed by atoms with Crippen molar-refractivity contribution in [3.63, 3.8) is 0 Å². The maximum atomic E-state index is 14.0. The molecular formula is C29H21N5OS. The van der Waals surface area contributed by atoms with Crippen molar-refractivity contribution in [2.75, 3.05) is 0 Å². The van der Waals surface area contributed by atoms with E-state index in [4.69, 9.17) is 0 Å². The van der Waals surface area contributed by atoms with Gasteiger partial charge in [-0.15, -0.1) is 10.2 Å². The summed E-state index contributed by atoms with van der Waals surface area (Å²) in [7, 11) is 0. The van der Waals surface area contributed by atoms with Crippen molar-refractivity contribution in [2.45, 2.75) is 10.4 Å². The van der Waals surface area contributed by atoms with Crippen LogP contribution in [0.15, 0.2) is 121 Å². The van der Waals surface area contributed by atoms with Gasteiger partial charge in [-0.25, -0.2) is 0 Å². The average Bonchev–Trinajstić information content (AvgIpc) is 3.57. The highest BCUT2D eigenvalue weighted by molar-refractivity contribution is 8.00. The summed E-state index contributed by atoms with van der Waals surface area (Å²) in [4.78, 5) is 21.4. The van der Waals surface area contributed by atoms with E-state index in [0.717, 1.165) is 27.7 Å². The lowest BCUT2D eigenvalue weighted by atomic mass is 10.0. The van der Waals surface area contributed by atoms with E-state index in [1.807, 2.05) is 102 Å². The zero-order valence-corrected chi connectivity index (χ0v) is 20.0. The van der Waals surface area contributed by atoms with Gasteiger partial charge in [0.05, 0.1) is 0 Å². The first-order valence-corrected chi connectivity index (χ1v) is 12.4. The summed E-state index contributed by atoms with van der Waals surface area (Å²) in [6, 6.07) is 31.4. The first-order valence-electron chi connectivity index (χ1n) is 11.5. The number of aromatic amines is 1. The molecule has 6 nitrogen and oxygen atoms in total. The van der Waals surface area contributed by atoms with Gasteiger partial charge in [0.25, 0.3) is 0 Å². The van der Waals surface area contributed by atoms with Crippen molar-refractivity contribution >= 4 is 28.4 Å². The second-order valence-electron chi connectivity index (χ2n) is 8.23. The van der Waals surface area contributed by atoms with E-state index in [1.165, 1.54) is 11.8 Å². The predicted octanol–water partition coefficient (Wildman–Crippen LogP) is 6.53. The predicted molar refractivity (Wildman–Crippen MR) is 142 cm³/mol. The number of para-hydroxylation sites is 2. The molecule has 1 atom stereocenters. The van der Waals surface area contributed by atoms with Crippen LogP contribution in [0.3, 0.4) is 0 Å². The summed E-state index contributed by atoms with van der Waals surface area (Å²) in [6.45, 7) is 0. The Morgan fingerprint density at radius 3 is 2.28 bits per heavy atom. The number of hydrogen-bond acceptors (Lipinski definition) is 5. The van der Waals surface area contributed by atoms with Gasteiger partial charge in [-0.3, -0.25) is 14.3 Å². The van der Waals surface area contributed by atoms with Gasteiger partial charge in [0, 0.05) is 46.3 Å². The van der Waals surface area contributed by atoms with Crippen LogP contribution in [0.25, 0.3) is 28.0 Å². The van der Waals surface area contributed by atoms with Crippen LogP contribution in [0, 0.1) is 0 Å². The highest BCUT2D eigenvalue weighted by Crippen LogP contribution is 2.40. The number of benzene rings is 3. The van der Waals surface area contributed by atoms with Crippen LogP contribution in [0.5, 0.6) is 0 Å². The second-order valence-corrected chi connectivity index (χ2v) is 9.31. The third-order valence-electron chi connectivity index (χ3n) is 6.00. The molecule has 0 fully saturated rings. The van der Waals surface area contributed by atoms with Gasteiger partial charge in [0.2, 0.25) is 0 Å². The fourth-order valence-corrected chi connectivity index (χ4v) is 5.39. The molecule has 3 aromatic heterocycles. The number of carbonyl (C=O) groups is 1. The molecule has 0 radical (unpaired) electrons. The smallest absolute Gasteiger partial charge is 0.197 e. The molecule has 0 aliphatic carbocycles. The van der Waals surface area contributed by atoms with Gasteiger partial charge in [-0.1, -0.05) is 78.5 Å². The van der Waals surface area contributed by atoms with E-state index in [0.29, 0.717) is 16.5 Å². The Kier molecular flexibility index (Phi) is 5.89. The summed E-state index contributed by atoms with van der Waals surface area (Å²) in [5.41, 5.74) is 4.32. The highest BCUT2D eigenvalue weighted by Gasteiger charge is 2.29. The van der Waals surface area contributed by atoms with Crippen molar-refractivity contribution < 1.29 is 4.79 Å². The van der Waals surface area contributed by atoms with Gasteiger partial charge in [0.15, 0.2) is 16.8 Å². The number of hydrogen-bond donors (Lipinski definition) is 1. The standard InChI is InChI=1S/C29H21N5OS/c35-26(24-19-31-25-14-8-7-13-23(24)25)27(20-9-3-1-4-10-20)36-29-33-32-28(21-15-17-30-18-16-21)34(29)22-11-5-2-6-12-22/h1-19,27,31H/t27-/m0/s1. The molecular weight excluding hydrogens is 466 g/mol. The van der Waals surface area contributed by atoms with E-state index in [-0.39, 0.29) is 5.78 Å². The fourth-order valence-electron chi connectivity index (χ4n) is 4.27. The largest absolute Gasteiger partial charge is 0.360 e. The van der Waals surface area contributed by atoms with Crippen LogP contribution in [-0.4, -0.2) is 30.5 Å². The number of nitrogens with zero attached hydrogens (tertiary/aromatic N) is 4. The number of thioether (sulfide) groups is 1. The molecule has 0 saturated heterocycles. The molecule has 3 aromatic carbocycles. The number of aromatic nitrogens is 5. The Labute approximate surface area is 212 Å². The number of H-pyrrole nitrogens is 1. The maximum absolute atomic E-state index is 14.0. The number of Topliss-reactive ketones (excluding diaryl/α,β-unsaturated/α-hetero) is 1. The van der Waals surface area contributed by atoms with Crippen molar-refractivity contribution in [1.29, 1.82) is 0 Å². The van der Waals surface area contributed by atoms with E-state index >= 15 is 0 Å². The Balaban J connectivity index is 1.48. The molecule has 0 amide bonds. The monoisotopic (exact) mass is 487 g/mol. The van der Waals surface area contributed by atoms with Gasteiger partial charge < -0.3 is 4.98 Å². The SMILES string of the molecule is O=C(c1c[nH]c2ccccc12)[C@@H](Sc1nnc(-c2ccncc2)n1-c1ccccc1)c1ccccc1. The summed E-state index contributed by atoms with van der Waals surface area (Å²) in [6.07, 6.45) is 5.27. The molecule has 3 heterocycles. The summed E-state index contributed by atoms with van der Waals surface area (Å²) in [5, 5.41) is 10.1. The second kappa shape index (κ2) is 9.64. The van der Waals surface area contributed by atoms with E-state index in [9.17, 15) is 4.79 Å². The Morgan fingerprint density at radius 1 is 0.806 bits per heavy atom. The van der Waals surface area contributed by atoms with Crippen LogP contribution < -0.4 is 0 Å². The van der Waals surface area contributed by atoms with E-state index < -0.39 is 5.25 Å². The topological polar surface area (TPSA) is 76.5 Å². The molecule has 7 heteroatoms.